The minimum atomic E-state index is -4.33. The van der Waals surface area contributed by atoms with Crippen molar-refractivity contribution in [1.82, 2.24) is 10.2 Å². The van der Waals surface area contributed by atoms with E-state index in [0.29, 0.717) is 17.1 Å². The van der Waals surface area contributed by atoms with Gasteiger partial charge in [0, 0.05) is 18.1 Å². The van der Waals surface area contributed by atoms with E-state index < -0.39 is 34.3 Å². The van der Waals surface area contributed by atoms with Crippen molar-refractivity contribution in [2.75, 3.05) is 17.4 Å². The van der Waals surface area contributed by atoms with Crippen molar-refractivity contribution >= 4 is 39.1 Å². The van der Waals surface area contributed by atoms with E-state index in [1.807, 2.05) is 6.92 Å². The molecule has 0 fully saturated rings. The van der Waals surface area contributed by atoms with Crippen LogP contribution in [0.3, 0.4) is 0 Å². The number of unbranched alkanes of at least 4 members (excludes halogenated alkanes) is 1. The number of anilines is 1. The van der Waals surface area contributed by atoms with Gasteiger partial charge in [-0.1, -0.05) is 73.5 Å². The maximum absolute atomic E-state index is 14.9. The van der Waals surface area contributed by atoms with E-state index in [-0.39, 0.29) is 23.0 Å². The van der Waals surface area contributed by atoms with Gasteiger partial charge in [-0.15, -0.1) is 0 Å². The predicted octanol–water partition coefficient (Wildman–Crippen LogP) is 5.01. The number of benzene rings is 3. The number of carbonyl (C=O) groups excluding carboxylic acids is 2. The van der Waals surface area contributed by atoms with Crippen molar-refractivity contribution in [3.63, 3.8) is 0 Å². The van der Waals surface area contributed by atoms with Gasteiger partial charge in [0.05, 0.1) is 10.6 Å². The zero-order valence-electron chi connectivity index (χ0n) is 21.3. The molecule has 0 aliphatic carbocycles. The van der Waals surface area contributed by atoms with Gasteiger partial charge in [0.15, 0.2) is 0 Å². The lowest BCUT2D eigenvalue weighted by molar-refractivity contribution is -0.139. The third-order valence-electron chi connectivity index (χ3n) is 6.03. The first kappa shape index (κ1) is 29.1. The number of amides is 2. The average molecular weight is 560 g/mol. The summed E-state index contributed by atoms with van der Waals surface area (Å²) in [4.78, 5) is 27.9. The van der Waals surface area contributed by atoms with E-state index in [9.17, 15) is 22.4 Å². The summed E-state index contributed by atoms with van der Waals surface area (Å²) in [5, 5.41) is 3.21. The van der Waals surface area contributed by atoms with Gasteiger partial charge < -0.3 is 10.2 Å². The molecule has 38 heavy (non-hydrogen) atoms. The number of para-hydroxylation sites is 1. The molecule has 3 aromatic carbocycles. The number of rotatable bonds is 12. The van der Waals surface area contributed by atoms with Crippen LogP contribution in [-0.2, 0) is 26.2 Å². The Labute approximate surface area is 228 Å². The summed E-state index contributed by atoms with van der Waals surface area (Å²) in [6, 6.07) is 18.8. The summed E-state index contributed by atoms with van der Waals surface area (Å²) < 4.78 is 42.9. The van der Waals surface area contributed by atoms with Crippen molar-refractivity contribution in [1.29, 1.82) is 0 Å². The molecule has 7 nitrogen and oxygen atoms in total. The predicted molar refractivity (Wildman–Crippen MR) is 147 cm³/mol. The lowest BCUT2D eigenvalue weighted by Gasteiger charge is -2.32. The fraction of sp³-hybridized carbons (Fsp3) is 0.286. The first-order chi connectivity index (χ1) is 18.2. The van der Waals surface area contributed by atoms with Crippen LogP contribution in [0, 0.1) is 5.82 Å². The number of halogens is 2. The van der Waals surface area contributed by atoms with Crippen LogP contribution < -0.4 is 9.62 Å². The molecular weight excluding hydrogens is 529 g/mol. The Morgan fingerprint density at radius 3 is 2.26 bits per heavy atom. The molecule has 0 aromatic heterocycles. The van der Waals surface area contributed by atoms with Crippen LogP contribution in [0.5, 0.6) is 0 Å². The second-order valence-electron chi connectivity index (χ2n) is 8.71. The van der Waals surface area contributed by atoms with Crippen molar-refractivity contribution in [2.45, 2.75) is 44.2 Å². The van der Waals surface area contributed by atoms with Gasteiger partial charge in [-0.05, 0) is 49.2 Å². The Morgan fingerprint density at radius 1 is 0.974 bits per heavy atom. The summed E-state index contributed by atoms with van der Waals surface area (Å²) in [5.74, 6) is -1.88. The Hall–Kier alpha value is -3.43. The molecule has 0 radical (unpaired) electrons. The van der Waals surface area contributed by atoms with Crippen LogP contribution >= 0.6 is 11.6 Å². The van der Waals surface area contributed by atoms with Gasteiger partial charge in [-0.25, -0.2) is 12.8 Å². The highest BCUT2D eigenvalue weighted by Gasteiger charge is 2.33. The average Bonchev–Trinajstić information content (AvgIpc) is 2.91. The fourth-order valence-corrected chi connectivity index (χ4v) is 5.45. The molecule has 0 bridgehead atoms. The maximum atomic E-state index is 14.9. The van der Waals surface area contributed by atoms with E-state index in [0.717, 1.165) is 23.2 Å². The second-order valence-corrected chi connectivity index (χ2v) is 11.0. The molecule has 0 aliphatic heterocycles. The van der Waals surface area contributed by atoms with E-state index in [2.05, 4.69) is 5.32 Å². The Morgan fingerprint density at radius 2 is 1.61 bits per heavy atom. The molecule has 202 valence electrons. The number of hydrogen-bond acceptors (Lipinski definition) is 4. The van der Waals surface area contributed by atoms with Crippen LogP contribution in [0.2, 0.25) is 5.02 Å². The molecule has 0 spiro atoms. The minimum Gasteiger partial charge on any atom is -0.354 e. The first-order valence-electron chi connectivity index (χ1n) is 12.3. The van der Waals surface area contributed by atoms with Crippen LogP contribution in [0.1, 0.15) is 32.3 Å². The highest BCUT2D eigenvalue weighted by Crippen LogP contribution is 2.27. The zero-order chi connectivity index (χ0) is 27.7. The molecule has 0 saturated carbocycles. The van der Waals surface area contributed by atoms with Gasteiger partial charge in [0.2, 0.25) is 11.8 Å². The monoisotopic (exact) mass is 559 g/mol. The maximum Gasteiger partial charge on any atom is 0.264 e. The molecule has 0 unspecified atom stereocenters. The summed E-state index contributed by atoms with van der Waals surface area (Å²) in [6.45, 7) is 3.23. The highest BCUT2D eigenvalue weighted by molar-refractivity contribution is 7.92. The van der Waals surface area contributed by atoms with Crippen molar-refractivity contribution in [2.24, 2.45) is 0 Å². The Kier molecular flexibility index (Phi) is 10.3. The lowest BCUT2D eigenvalue weighted by Crippen LogP contribution is -2.51. The lowest BCUT2D eigenvalue weighted by atomic mass is 10.1. The van der Waals surface area contributed by atoms with Gasteiger partial charge in [-0.3, -0.25) is 13.9 Å². The summed E-state index contributed by atoms with van der Waals surface area (Å²) in [6.07, 6.45) is 1.65. The molecule has 3 aromatic rings. The number of nitrogens with one attached hydrogen (secondary N) is 1. The normalized spacial score (nSPS) is 12.0. The molecule has 0 aliphatic rings. The highest BCUT2D eigenvalue weighted by atomic mass is 35.5. The van der Waals surface area contributed by atoms with Crippen LogP contribution in [-0.4, -0.2) is 44.3 Å². The number of hydrogen-bond donors (Lipinski definition) is 1. The van der Waals surface area contributed by atoms with Crippen molar-refractivity contribution < 1.29 is 22.4 Å². The van der Waals surface area contributed by atoms with Crippen molar-refractivity contribution in [3.05, 3.63) is 95.3 Å². The number of nitrogens with zero attached hydrogens (tertiary/aromatic N) is 2. The smallest absolute Gasteiger partial charge is 0.264 e. The van der Waals surface area contributed by atoms with Gasteiger partial charge in [-0.2, -0.15) is 0 Å². The minimum absolute atomic E-state index is 0.0443. The summed E-state index contributed by atoms with van der Waals surface area (Å²) in [7, 11) is -4.33. The quantitative estimate of drug-likeness (QED) is 0.316. The molecule has 0 heterocycles. The summed E-state index contributed by atoms with van der Waals surface area (Å²) in [5.41, 5.74) is 0.307. The third kappa shape index (κ3) is 7.11. The standard InChI is InChI=1S/C28H31ClFN3O4S/c1-3-4-18-31-28(35)21(2)32(19-22-12-8-9-15-24(22)29)27(34)20-33(26-17-11-10-16-25(26)30)38(36,37)23-13-6-5-7-14-23/h5-17,21H,3-4,18-20H2,1-2H3,(H,31,35)/t21-/m1/s1. The molecule has 10 heteroatoms. The van der Waals surface area contributed by atoms with Crippen molar-refractivity contribution in [3.8, 4) is 0 Å². The van der Waals surface area contributed by atoms with Gasteiger partial charge >= 0.3 is 0 Å². The van der Waals surface area contributed by atoms with E-state index >= 15 is 0 Å². The number of carbonyl (C=O) groups is 2. The first-order valence-corrected chi connectivity index (χ1v) is 14.1. The molecule has 2 amide bonds. The molecule has 1 N–H and O–H groups in total. The molecule has 3 rings (SSSR count). The summed E-state index contributed by atoms with van der Waals surface area (Å²) >= 11 is 6.34. The molecule has 1 atom stereocenters. The van der Waals surface area contributed by atoms with Gasteiger partial charge in [0.25, 0.3) is 10.0 Å². The van der Waals surface area contributed by atoms with E-state index in [1.54, 1.807) is 49.4 Å². The van der Waals surface area contributed by atoms with Crippen LogP contribution in [0.15, 0.2) is 83.8 Å². The van der Waals surface area contributed by atoms with E-state index in [4.69, 9.17) is 11.6 Å². The third-order valence-corrected chi connectivity index (χ3v) is 8.17. The fourth-order valence-electron chi connectivity index (χ4n) is 3.82. The van der Waals surface area contributed by atoms with Crippen LogP contribution in [0.25, 0.3) is 0 Å². The van der Waals surface area contributed by atoms with Crippen LogP contribution in [0.4, 0.5) is 10.1 Å². The molecular formula is C28H31ClFN3O4S. The topological polar surface area (TPSA) is 86.8 Å². The molecule has 0 saturated heterocycles. The zero-order valence-corrected chi connectivity index (χ0v) is 22.9. The van der Waals surface area contributed by atoms with Gasteiger partial charge in [0.1, 0.15) is 18.4 Å². The second kappa shape index (κ2) is 13.4. The Bertz CT molecular complexity index is 1350. The van der Waals surface area contributed by atoms with E-state index in [1.165, 1.54) is 35.2 Å². The SMILES string of the molecule is CCCCNC(=O)[C@@H](C)N(Cc1ccccc1Cl)C(=O)CN(c1ccccc1F)S(=O)(=O)c1ccccc1. The Balaban J connectivity index is 2.01. The number of sulfonamides is 1. The largest absolute Gasteiger partial charge is 0.354 e.